The van der Waals surface area contributed by atoms with E-state index in [1.54, 1.807) is 11.3 Å². The highest BCUT2D eigenvalue weighted by Gasteiger charge is 1.95. The molecule has 0 bridgehead atoms. The highest BCUT2D eigenvalue weighted by molar-refractivity contribution is 7.07. The molecule has 0 fully saturated rings. The van der Waals surface area contributed by atoms with Crippen LogP contribution in [0.25, 0.3) is 0 Å². The molecule has 0 aliphatic carbocycles. The topological polar surface area (TPSA) is 26.0 Å². The van der Waals surface area contributed by atoms with Crippen molar-refractivity contribution in [3.8, 4) is 0 Å². The molecular weight excluding hydrogens is 166 g/mol. The first-order valence-corrected chi connectivity index (χ1v) is 4.00. The maximum absolute atomic E-state index is 5.59. The highest BCUT2D eigenvalue weighted by Crippen LogP contribution is 2.07. The Morgan fingerprint density at radius 2 is 2.40 bits per heavy atom. The van der Waals surface area contributed by atoms with Crippen LogP contribution in [0.5, 0.6) is 0 Å². The Morgan fingerprint density at radius 3 is 2.80 bits per heavy atom. The zero-order valence-corrected chi connectivity index (χ0v) is 7.54. The van der Waals surface area contributed by atoms with E-state index in [-0.39, 0.29) is 12.4 Å². The molecule has 0 aliphatic rings. The summed E-state index contributed by atoms with van der Waals surface area (Å²) >= 11 is 1.73. The third-order valence-electron chi connectivity index (χ3n) is 1.14. The van der Waals surface area contributed by atoms with E-state index in [1.165, 1.54) is 5.56 Å². The fraction of sp³-hybridized carbons (Fsp3) is 0.429. The second kappa shape index (κ2) is 4.72. The van der Waals surface area contributed by atoms with Gasteiger partial charge in [-0.25, -0.2) is 0 Å². The van der Waals surface area contributed by atoms with E-state index in [9.17, 15) is 0 Å². The van der Waals surface area contributed by atoms with Crippen LogP contribution in [0.2, 0.25) is 0 Å². The van der Waals surface area contributed by atoms with Gasteiger partial charge in [0.1, 0.15) is 0 Å². The van der Waals surface area contributed by atoms with Gasteiger partial charge in [-0.15, -0.1) is 12.4 Å². The Kier molecular flexibility index (Phi) is 4.69. The Bertz CT molecular complexity index is 160. The van der Waals surface area contributed by atoms with Gasteiger partial charge in [-0.3, -0.25) is 0 Å². The molecule has 0 saturated carbocycles. The quantitative estimate of drug-likeness (QED) is 0.736. The smallest absolute Gasteiger partial charge is 0.00512 e. The minimum atomic E-state index is 0. The molecule has 1 nitrogen and oxygen atoms in total. The van der Waals surface area contributed by atoms with Gasteiger partial charge in [0.15, 0.2) is 0 Å². The van der Waals surface area contributed by atoms with Gasteiger partial charge in [-0.05, 0) is 35.7 Å². The summed E-state index contributed by atoms with van der Waals surface area (Å²) < 4.78 is 0. The lowest BCUT2D eigenvalue weighted by Crippen LogP contribution is -2.17. The van der Waals surface area contributed by atoms with Crippen molar-refractivity contribution < 1.29 is 0 Å². The SMILES string of the molecule is C[C@H](N)Cc1ccsc1.Cl. The van der Waals surface area contributed by atoms with Crippen LogP contribution >= 0.6 is 23.7 Å². The molecule has 1 atom stereocenters. The average Bonchev–Trinajstić information content (AvgIpc) is 2.15. The first-order chi connectivity index (χ1) is 4.29. The summed E-state index contributed by atoms with van der Waals surface area (Å²) in [6.07, 6.45) is 1.00. The summed E-state index contributed by atoms with van der Waals surface area (Å²) in [5, 5.41) is 4.22. The summed E-state index contributed by atoms with van der Waals surface area (Å²) in [6, 6.07) is 2.41. The minimum Gasteiger partial charge on any atom is -0.328 e. The second-order valence-electron chi connectivity index (χ2n) is 2.31. The van der Waals surface area contributed by atoms with Crippen molar-refractivity contribution in [1.29, 1.82) is 0 Å². The molecule has 1 heterocycles. The zero-order chi connectivity index (χ0) is 6.69. The first kappa shape index (κ1) is 9.95. The van der Waals surface area contributed by atoms with Crippen molar-refractivity contribution >= 4 is 23.7 Å². The fourth-order valence-corrected chi connectivity index (χ4v) is 1.46. The van der Waals surface area contributed by atoms with Crippen molar-refractivity contribution in [2.45, 2.75) is 19.4 Å². The fourth-order valence-electron chi connectivity index (χ4n) is 0.781. The number of hydrogen-bond acceptors (Lipinski definition) is 2. The van der Waals surface area contributed by atoms with Gasteiger partial charge >= 0.3 is 0 Å². The normalized spacial score (nSPS) is 12.2. The highest BCUT2D eigenvalue weighted by atomic mass is 35.5. The van der Waals surface area contributed by atoms with E-state index in [2.05, 4.69) is 16.8 Å². The third-order valence-corrected chi connectivity index (χ3v) is 1.87. The molecule has 0 radical (unpaired) electrons. The van der Waals surface area contributed by atoms with Crippen LogP contribution < -0.4 is 5.73 Å². The molecule has 10 heavy (non-hydrogen) atoms. The summed E-state index contributed by atoms with van der Waals surface area (Å²) in [5.74, 6) is 0. The molecule has 1 aromatic rings. The molecule has 3 heteroatoms. The average molecular weight is 178 g/mol. The molecule has 1 aromatic heterocycles. The number of nitrogens with two attached hydrogens (primary N) is 1. The first-order valence-electron chi connectivity index (χ1n) is 3.05. The van der Waals surface area contributed by atoms with Crippen LogP contribution in [0.3, 0.4) is 0 Å². The molecule has 0 unspecified atom stereocenters. The second-order valence-corrected chi connectivity index (χ2v) is 3.09. The lowest BCUT2D eigenvalue weighted by Gasteiger charge is -1.99. The lowest BCUT2D eigenvalue weighted by molar-refractivity contribution is 0.740. The molecule has 58 valence electrons. The number of thiophene rings is 1. The predicted molar refractivity (Wildman–Crippen MR) is 48.9 cm³/mol. The van der Waals surface area contributed by atoms with Crippen molar-refractivity contribution in [2.75, 3.05) is 0 Å². The molecular formula is C7H12ClNS. The largest absolute Gasteiger partial charge is 0.328 e. The number of rotatable bonds is 2. The summed E-state index contributed by atoms with van der Waals surface area (Å²) in [5.41, 5.74) is 6.94. The van der Waals surface area contributed by atoms with E-state index in [1.807, 2.05) is 6.92 Å². The van der Waals surface area contributed by atoms with Gasteiger partial charge in [-0.1, -0.05) is 0 Å². The van der Waals surface area contributed by atoms with Gasteiger partial charge in [0.05, 0.1) is 0 Å². The molecule has 0 aliphatic heterocycles. The lowest BCUT2D eigenvalue weighted by atomic mass is 10.1. The molecule has 1 rings (SSSR count). The zero-order valence-electron chi connectivity index (χ0n) is 5.91. The van der Waals surface area contributed by atoms with Crippen LogP contribution in [0.4, 0.5) is 0 Å². The maximum atomic E-state index is 5.59. The molecule has 0 amide bonds. The summed E-state index contributed by atoms with van der Waals surface area (Å²) in [6.45, 7) is 2.03. The van der Waals surface area contributed by atoms with E-state index in [0.29, 0.717) is 6.04 Å². The van der Waals surface area contributed by atoms with E-state index in [4.69, 9.17) is 5.73 Å². The van der Waals surface area contributed by atoms with E-state index in [0.717, 1.165) is 6.42 Å². The Morgan fingerprint density at radius 1 is 1.70 bits per heavy atom. The Balaban J connectivity index is 0.000000810. The van der Waals surface area contributed by atoms with Gasteiger partial charge in [0.2, 0.25) is 0 Å². The van der Waals surface area contributed by atoms with Crippen LogP contribution in [0.15, 0.2) is 16.8 Å². The maximum Gasteiger partial charge on any atom is 0.00512 e. The van der Waals surface area contributed by atoms with E-state index < -0.39 is 0 Å². The standard InChI is InChI=1S/C7H11NS.ClH/c1-6(8)4-7-2-3-9-5-7;/h2-3,5-6H,4,8H2,1H3;1H/t6-;/m0./s1. The van der Waals surface area contributed by atoms with Crippen molar-refractivity contribution in [3.05, 3.63) is 22.4 Å². The van der Waals surface area contributed by atoms with Crippen LogP contribution in [-0.2, 0) is 6.42 Å². The van der Waals surface area contributed by atoms with Gasteiger partial charge < -0.3 is 5.73 Å². The predicted octanol–water partition coefficient (Wildman–Crippen LogP) is 2.06. The van der Waals surface area contributed by atoms with E-state index >= 15 is 0 Å². The van der Waals surface area contributed by atoms with Crippen LogP contribution in [-0.4, -0.2) is 6.04 Å². The van der Waals surface area contributed by atoms with Crippen molar-refractivity contribution in [2.24, 2.45) is 5.73 Å². The van der Waals surface area contributed by atoms with Gasteiger partial charge in [0.25, 0.3) is 0 Å². The molecule has 2 N–H and O–H groups in total. The molecule has 0 spiro atoms. The number of hydrogen-bond donors (Lipinski definition) is 1. The monoisotopic (exact) mass is 177 g/mol. The van der Waals surface area contributed by atoms with Crippen LogP contribution in [0.1, 0.15) is 12.5 Å². The number of halogens is 1. The van der Waals surface area contributed by atoms with Crippen LogP contribution in [0, 0.1) is 0 Å². The Labute approximate surface area is 71.7 Å². The Hall–Kier alpha value is -0.0500. The molecule has 0 aromatic carbocycles. The molecule has 0 saturated heterocycles. The van der Waals surface area contributed by atoms with Crippen molar-refractivity contribution in [1.82, 2.24) is 0 Å². The van der Waals surface area contributed by atoms with Crippen molar-refractivity contribution in [3.63, 3.8) is 0 Å². The summed E-state index contributed by atoms with van der Waals surface area (Å²) in [7, 11) is 0. The third kappa shape index (κ3) is 3.20. The minimum absolute atomic E-state index is 0. The van der Waals surface area contributed by atoms with Gasteiger partial charge in [0, 0.05) is 6.04 Å². The summed E-state index contributed by atoms with van der Waals surface area (Å²) in [4.78, 5) is 0. The van der Waals surface area contributed by atoms with Gasteiger partial charge in [-0.2, -0.15) is 11.3 Å².